The predicted octanol–water partition coefficient (Wildman–Crippen LogP) is 23.3. The van der Waals surface area contributed by atoms with Crippen molar-refractivity contribution in [2.75, 3.05) is 39.6 Å². The number of esters is 4. The summed E-state index contributed by atoms with van der Waals surface area (Å²) in [6, 6.07) is 0. The molecule has 0 radical (unpaired) electrons. The fraction of sp³-hybridized carbons (Fsp3) is 0.949. The molecule has 0 rings (SSSR count). The zero-order chi connectivity index (χ0) is 71.2. The van der Waals surface area contributed by atoms with Crippen LogP contribution in [-0.4, -0.2) is 96.7 Å². The second-order valence-electron chi connectivity index (χ2n) is 28.3. The predicted molar refractivity (Wildman–Crippen MR) is 395 cm³/mol. The molecule has 3 unspecified atom stereocenters. The Morgan fingerprint density at radius 3 is 0.732 bits per heavy atom. The Hall–Kier alpha value is -1.94. The van der Waals surface area contributed by atoms with Crippen LogP contribution in [0.3, 0.4) is 0 Å². The first-order chi connectivity index (χ1) is 47.1. The fourth-order valence-electron chi connectivity index (χ4n) is 12.0. The lowest BCUT2D eigenvalue weighted by molar-refractivity contribution is -0.161. The van der Waals surface area contributed by atoms with Crippen molar-refractivity contribution in [3.63, 3.8) is 0 Å². The topological polar surface area (TPSA) is 237 Å². The molecule has 0 aromatic rings. The van der Waals surface area contributed by atoms with E-state index >= 15 is 0 Å². The van der Waals surface area contributed by atoms with E-state index in [0.717, 1.165) is 109 Å². The third kappa shape index (κ3) is 70.9. The highest BCUT2D eigenvalue weighted by Crippen LogP contribution is 2.45. The average molecular weight is 1420 g/mol. The molecule has 0 spiro atoms. The average Bonchev–Trinajstić information content (AvgIpc) is 1.33. The van der Waals surface area contributed by atoms with Gasteiger partial charge in [0.15, 0.2) is 12.2 Å². The molecule has 0 fully saturated rings. The van der Waals surface area contributed by atoms with Crippen LogP contribution in [0.25, 0.3) is 0 Å². The molecule has 19 heteroatoms. The maximum atomic E-state index is 13.1. The van der Waals surface area contributed by atoms with Gasteiger partial charge in [0.05, 0.1) is 26.4 Å². The van der Waals surface area contributed by atoms with Gasteiger partial charge in [0.25, 0.3) is 0 Å². The van der Waals surface area contributed by atoms with E-state index in [1.807, 2.05) is 0 Å². The second kappa shape index (κ2) is 71.1. The number of aliphatic hydroxyl groups excluding tert-OH is 1. The summed E-state index contributed by atoms with van der Waals surface area (Å²) in [5, 5.41) is 10.6. The lowest BCUT2D eigenvalue weighted by Gasteiger charge is -2.21. The maximum absolute atomic E-state index is 13.1. The molecule has 0 aromatic carbocycles. The Bertz CT molecular complexity index is 1860. The smallest absolute Gasteiger partial charge is 0.462 e. The number of rotatable bonds is 78. The van der Waals surface area contributed by atoms with Crippen molar-refractivity contribution in [3.05, 3.63) is 0 Å². The van der Waals surface area contributed by atoms with Gasteiger partial charge in [-0.25, -0.2) is 9.13 Å². The molecule has 0 aromatic heterocycles. The van der Waals surface area contributed by atoms with E-state index in [-0.39, 0.29) is 25.7 Å². The quantitative estimate of drug-likeness (QED) is 0.0222. The molecule has 17 nitrogen and oxygen atoms in total. The van der Waals surface area contributed by atoms with Gasteiger partial charge in [-0.2, -0.15) is 0 Å². The van der Waals surface area contributed by atoms with Gasteiger partial charge in [-0.05, 0) is 31.6 Å². The third-order valence-corrected chi connectivity index (χ3v) is 20.5. The summed E-state index contributed by atoms with van der Waals surface area (Å²) in [5.41, 5.74) is 0. The summed E-state index contributed by atoms with van der Waals surface area (Å²) in [7, 11) is -9.91. The van der Waals surface area contributed by atoms with Crippen molar-refractivity contribution in [3.8, 4) is 0 Å². The van der Waals surface area contributed by atoms with Gasteiger partial charge in [0.1, 0.15) is 19.3 Å². The fourth-order valence-corrected chi connectivity index (χ4v) is 13.6. The van der Waals surface area contributed by atoms with Gasteiger partial charge in [0, 0.05) is 25.7 Å². The number of ether oxygens (including phenoxy) is 4. The first kappa shape index (κ1) is 95.1. The lowest BCUT2D eigenvalue weighted by atomic mass is 9.99. The molecular weight excluding hydrogens is 1270 g/mol. The minimum atomic E-state index is -4.96. The third-order valence-electron chi connectivity index (χ3n) is 18.6. The van der Waals surface area contributed by atoms with Crippen molar-refractivity contribution < 1.29 is 80.2 Å². The molecular formula is C78H152O17P2. The van der Waals surface area contributed by atoms with Crippen LogP contribution in [-0.2, 0) is 65.4 Å². The standard InChI is InChI=1S/C78H152O17P2/c1-6-10-13-16-19-21-23-25-26-32-35-39-42-47-52-57-62-76(81)89-68-74(95-78(83)64-59-54-49-44-40-36-33-30-28-27-29-31-34-37-41-46-50-55-60-71(5)9-4)70-93-97(86,87)91-66-72(79)65-90-96(84,85)92-69-73(67-88-75(80)61-56-51-45-18-15-12-8-3)94-77(82)63-58-53-48-43-38-24-22-20-17-14-11-7-2/h71-74,79H,6-70H2,1-5H3,(H,84,85)(H,86,87)/t71?,72-,73+,74+/m0/s1. The minimum Gasteiger partial charge on any atom is -0.462 e. The van der Waals surface area contributed by atoms with E-state index in [0.29, 0.717) is 25.7 Å². The van der Waals surface area contributed by atoms with Crippen molar-refractivity contribution in [1.82, 2.24) is 0 Å². The molecule has 3 N–H and O–H groups in total. The van der Waals surface area contributed by atoms with E-state index in [4.69, 9.17) is 37.0 Å². The van der Waals surface area contributed by atoms with Crippen LogP contribution in [0.15, 0.2) is 0 Å². The van der Waals surface area contributed by atoms with Gasteiger partial charge >= 0.3 is 39.5 Å². The molecule has 0 saturated carbocycles. The summed E-state index contributed by atoms with van der Waals surface area (Å²) in [5.74, 6) is -1.24. The number of hydrogen-bond donors (Lipinski definition) is 3. The first-order valence-electron chi connectivity index (χ1n) is 40.7. The largest absolute Gasteiger partial charge is 0.472 e. The van der Waals surface area contributed by atoms with E-state index in [9.17, 15) is 43.2 Å². The molecule has 0 aliphatic carbocycles. The number of carbonyl (C=O) groups excluding carboxylic acids is 4. The SMILES string of the molecule is CCCCCCCCCCCCCCCCCCC(=O)OC[C@H](COP(=O)(O)OC[C@@H](O)COP(=O)(O)OC[C@@H](COC(=O)CCCCCCCCC)OC(=O)CCCCCCCCCCCCCC)OC(=O)CCCCCCCCCCCCCCCCCCCCC(C)CC. The lowest BCUT2D eigenvalue weighted by Crippen LogP contribution is -2.30. The van der Waals surface area contributed by atoms with E-state index in [2.05, 4.69) is 34.6 Å². The number of unbranched alkanes of at least 4 members (excludes halogenated alkanes) is 49. The van der Waals surface area contributed by atoms with Crippen LogP contribution >= 0.6 is 15.6 Å². The second-order valence-corrected chi connectivity index (χ2v) is 31.3. The molecule has 576 valence electrons. The monoisotopic (exact) mass is 1420 g/mol. The van der Waals surface area contributed by atoms with Crippen LogP contribution in [0.2, 0.25) is 0 Å². The number of hydrogen-bond acceptors (Lipinski definition) is 15. The molecule has 0 amide bonds. The van der Waals surface area contributed by atoms with Gasteiger partial charge < -0.3 is 33.8 Å². The molecule has 6 atom stereocenters. The number of phosphoric ester groups is 2. The Kier molecular flexibility index (Phi) is 69.6. The van der Waals surface area contributed by atoms with E-state index in [1.165, 1.54) is 225 Å². The summed E-state index contributed by atoms with van der Waals surface area (Å²) in [6.45, 7) is 7.33. The Morgan fingerprint density at radius 1 is 0.289 bits per heavy atom. The Balaban J connectivity index is 5.16. The van der Waals surface area contributed by atoms with Crippen molar-refractivity contribution in [1.29, 1.82) is 0 Å². The first-order valence-corrected chi connectivity index (χ1v) is 43.7. The molecule has 97 heavy (non-hydrogen) atoms. The normalized spacial score (nSPS) is 14.2. The van der Waals surface area contributed by atoms with Crippen molar-refractivity contribution in [2.24, 2.45) is 5.92 Å². The molecule has 0 bridgehead atoms. The van der Waals surface area contributed by atoms with E-state index < -0.39 is 97.5 Å². The number of aliphatic hydroxyl groups is 1. The molecule has 0 heterocycles. The van der Waals surface area contributed by atoms with Crippen LogP contribution in [0.1, 0.15) is 413 Å². The van der Waals surface area contributed by atoms with Crippen molar-refractivity contribution >= 4 is 39.5 Å². The molecule has 0 saturated heterocycles. The maximum Gasteiger partial charge on any atom is 0.472 e. The highest BCUT2D eigenvalue weighted by molar-refractivity contribution is 7.47. The van der Waals surface area contributed by atoms with Gasteiger partial charge in [-0.15, -0.1) is 0 Å². The summed E-state index contributed by atoms with van der Waals surface area (Å²) < 4.78 is 68.5. The highest BCUT2D eigenvalue weighted by Gasteiger charge is 2.30. The highest BCUT2D eigenvalue weighted by atomic mass is 31.2. The number of carbonyl (C=O) groups is 4. The molecule has 0 aliphatic rings. The summed E-state index contributed by atoms with van der Waals surface area (Å²) in [6.07, 6.45) is 61.2. The van der Waals surface area contributed by atoms with Crippen LogP contribution in [0.4, 0.5) is 0 Å². The van der Waals surface area contributed by atoms with E-state index in [1.54, 1.807) is 0 Å². The summed E-state index contributed by atoms with van der Waals surface area (Å²) >= 11 is 0. The number of phosphoric acid groups is 2. The Morgan fingerprint density at radius 2 is 0.495 bits per heavy atom. The van der Waals surface area contributed by atoms with Gasteiger partial charge in [-0.1, -0.05) is 362 Å². The summed E-state index contributed by atoms with van der Waals surface area (Å²) in [4.78, 5) is 72.7. The zero-order valence-corrected chi connectivity index (χ0v) is 65.0. The van der Waals surface area contributed by atoms with Crippen LogP contribution in [0.5, 0.6) is 0 Å². The Labute approximate surface area is 594 Å². The zero-order valence-electron chi connectivity index (χ0n) is 63.2. The van der Waals surface area contributed by atoms with Crippen LogP contribution in [0, 0.1) is 5.92 Å². The van der Waals surface area contributed by atoms with Gasteiger partial charge in [0.2, 0.25) is 0 Å². The van der Waals surface area contributed by atoms with Gasteiger partial charge in [-0.3, -0.25) is 37.3 Å². The van der Waals surface area contributed by atoms with Crippen LogP contribution < -0.4 is 0 Å². The molecule has 0 aliphatic heterocycles. The van der Waals surface area contributed by atoms with Crippen molar-refractivity contribution in [2.45, 2.75) is 432 Å². The minimum absolute atomic E-state index is 0.107.